The molecule has 0 fully saturated rings. The third-order valence-electron chi connectivity index (χ3n) is 1.85. The van der Waals surface area contributed by atoms with Gasteiger partial charge in [-0.3, -0.25) is 0 Å². The summed E-state index contributed by atoms with van der Waals surface area (Å²) in [6.07, 6.45) is 0. The number of hydrogen-bond acceptors (Lipinski definition) is 4. The van der Waals surface area contributed by atoms with Crippen LogP contribution in [0.25, 0.3) is 11.4 Å². The standard InChI is InChI=1S/C10H7BrClN3O/c1-16-10-14-8(13-9(12)15-10)6-3-2-4-7(11)5-6/h2-5H,1H3. The number of aromatic nitrogens is 3. The van der Waals surface area contributed by atoms with Crippen molar-refractivity contribution in [3.05, 3.63) is 34.0 Å². The fourth-order valence-electron chi connectivity index (χ4n) is 1.18. The van der Waals surface area contributed by atoms with E-state index >= 15 is 0 Å². The molecule has 2 aromatic rings. The molecule has 0 aliphatic heterocycles. The summed E-state index contributed by atoms with van der Waals surface area (Å²) < 4.78 is 5.87. The highest BCUT2D eigenvalue weighted by molar-refractivity contribution is 9.10. The Morgan fingerprint density at radius 1 is 1.25 bits per heavy atom. The second kappa shape index (κ2) is 4.76. The minimum absolute atomic E-state index is 0.113. The van der Waals surface area contributed by atoms with Gasteiger partial charge in [-0.05, 0) is 23.7 Å². The van der Waals surface area contributed by atoms with Gasteiger partial charge in [-0.2, -0.15) is 15.0 Å². The number of hydrogen-bond donors (Lipinski definition) is 0. The van der Waals surface area contributed by atoms with Gasteiger partial charge >= 0.3 is 6.01 Å². The van der Waals surface area contributed by atoms with E-state index in [4.69, 9.17) is 16.3 Å². The lowest BCUT2D eigenvalue weighted by Crippen LogP contribution is -1.97. The zero-order valence-corrected chi connectivity index (χ0v) is 10.7. The summed E-state index contributed by atoms with van der Waals surface area (Å²) in [5.41, 5.74) is 0.844. The molecule has 0 unspecified atom stereocenters. The maximum absolute atomic E-state index is 5.76. The Kier molecular flexibility index (Phi) is 3.36. The highest BCUT2D eigenvalue weighted by Crippen LogP contribution is 2.21. The van der Waals surface area contributed by atoms with Crippen molar-refractivity contribution in [2.24, 2.45) is 0 Å². The number of benzene rings is 1. The Labute approximate surface area is 106 Å². The minimum Gasteiger partial charge on any atom is -0.467 e. The van der Waals surface area contributed by atoms with Gasteiger partial charge in [0.15, 0.2) is 5.82 Å². The van der Waals surface area contributed by atoms with E-state index in [1.165, 1.54) is 7.11 Å². The smallest absolute Gasteiger partial charge is 0.321 e. The number of halogens is 2. The summed E-state index contributed by atoms with van der Waals surface area (Å²) in [4.78, 5) is 12.0. The second-order valence-electron chi connectivity index (χ2n) is 2.93. The fourth-order valence-corrected chi connectivity index (χ4v) is 1.73. The van der Waals surface area contributed by atoms with Crippen LogP contribution in [0.5, 0.6) is 6.01 Å². The molecule has 0 N–H and O–H groups in total. The maximum atomic E-state index is 5.76. The van der Waals surface area contributed by atoms with E-state index in [2.05, 4.69) is 30.9 Å². The molecule has 0 saturated carbocycles. The Morgan fingerprint density at radius 2 is 2.06 bits per heavy atom. The van der Waals surface area contributed by atoms with Crippen molar-refractivity contribution in [3.63, 3.8) is 0 Å². The van der Waals surface area contributed by atoms with Crippen LogP contribution in [0.1, 0.15) is 0 Å². The van der Waals surface area contributed by atoms with Gasteiger partial charge in [-0.1, -0.05) is 28.1 Å². The minimum atomic E-state index is 0.113. The van der Waals surface area contributed by atoms with Crippen LogP contribution in [0.3, 0.4) is 0 Å². The van der Waals surface area contributed by atoms with Crippen LogP contribution in [0.15, 0.2) is 28.7 Å². The Hall–Kier alpha value is -1.20. The lowest BCUT2D eigenvalue weighted by molar-refractivity contribution is 0.379. The fraction of sp³-hybridized carbons (Fsp3) is 0.100. The summed E-state index contributed by atoms with van der Waals surface area (Å²) in [5.74, 6) is 0.484. The Morgan fingerprint density at radius 3 is 2.75 bits per heavy atom. The SMILES string of the molecule is COc1nc(Cl)nc(-c2cccc(Br)c2)n1. The lowest BCUT2D eigenvalue weighted by Gasteiger charge is -2.03. The first kappa shape index (κ1) is 11.3. The van der Waals surface area contributed by atoms with Gasteiger partial charge in [-0.15, -0.1) is 0 Å². The first-order valence-electron chi connectivity index (χ1n) is 4.40. The quantitative estimate of drug-likeness (QED) is 0.855. The predicted molar refractivity (Wildman–Crippen MR) is 64.5 cm³/mol. The van der Waals surface area contributed by atoms with Crippen molar-refractivity contribution in [2.75, 3.05) is 7.11 Å². The van der Waals surface area contributed by atoms with Crippen molar-refractivity contribution in [3.8, 4) is 17.4 Å². The molecule has 1 aromatic carbocycles. The maximum Gasteiger partial charge on any atom is 0.321 e. The molecular weight excluding hydrogens is 293 g/mol. The molecule has 6 heteroatoms. The van der Waals surface area contributed by atoms with Crippen LogP contribution in [-0.4, -0.2) is 22.1 Å². The van der Waals surface area contributed by atoms with E-state index in [1.807, 2.05) is 24.3 Å². The van der Waals surface area contributed by atoms with Gasteiger partial charge in [0.25, 0.3) is 0 Å². The third-order valence-corrected chi connectivity index (χ3v) is 2.52. The molecule has 0 saturated heterocycles. The van der Waals surface area contributed by atoms with Crippen LogP contribution >= 0.6 is 27.5 Å². The monoisotopic (exact) mass is 299 g/mol. The van der Waals surface area contributed by atoms with Gasteiger partial charge in [-0.25, -0.2) is 0 Å². The molecule has 0 bridgehead atoms. The second-order valence-corrected chi connectivity index (χ2v) is 4.18. The molecule has 0 radical (unpaired) electrons. The molecule has 0 spiro atoms. The van der Waals surface area contributed by atoms with Gasteiger partial charge in [0.2, 0.25) is 5.28 Å². The summed E-state index contributed by atoms with van der Waals surface area (Å²) in [6.45, 7) is 0. The average Bonchev–Trinajstić information content (AvgIpc) is 2.28. The molecule has 0 aliphatic rings. The average molecular weight is 301 g/mol. The number of methoxy groups -OCH3 is 1. The van der Waals surface area contributed by atoms with Crippen LogP contribution in [-0.2, 0) is 0 Å². The van der Waals surface area contributed by atoms with Crippen LogP contribution in [0.4, 0.5) is 0 Å². The first-order chi connectivity index (χ1) is 7.69. The number of nitrogens with zero attached hydrogens (tertiary/aromatic N) is 3. The molecule has 0 aliphatic carbocycles. The van der Waals surface area contributed by atoms with E-state index in [0.717, 1.165) is 10.0 Å². The van der Waals surface area contributed by atoms with E-state index in [0.29, 0.717) is 5.82 Å². The number of ether oxygens (including phenoxy) is 1. The third kappa shape index (κ3) is 2.48. The number of rotatable bonds is 2. The van der Waals surface area contributed by atoms with E-state index in [1.54, 1.807) is 0 Å². The molecule has 82 valence electrons. The molecule has 2 rings (SSSR count). The van der Waals surface area contributed by atoms with Crippen molar-refractivity contribution < 1.29 is 4.74 Å². The normalized spacial score (nSPS) is 10.2. The predicted octanol–water partition coefficient (Wildman–Crippen LogP) is 2.96. The molecule has 1 aromatic heterocycles. The van der Waals surface area contributed by atoms with Crippen molar-refractivity contribution >= 4 is 27.5 Å². The summed E-state index contributed by atoms with van der Waals surface area (Å²) in [6, 6.07) is 7.80. The summed E-state index contributed by atoms with van der Waals surface area (Å²) in [5, 5.41) is 0.113. The van der Waals surface area contributed by atoms with Crippen molar-refractivity contribution in [2.45, 2.75) is 0 Å². The topological polar surface area (TPSA) is 47.9 Å². The summed E-state index contributed by atoms with van der Waals surface area (Å²) >= 11 is 9.14. The van der Waals surface area contributed by atoms with Gasteiger partial charge in [0, 0.05) is 10.0 Å². The van der Waals surface area contributed by atoms with E-state index < -0.39 is 0 Å². The van der Waals surface area contributed by atoms with Gasteiger partial charge in [0.1, 0.15) is 0 Å². The Bertz CT molecular complexity index is 521. The Balaban J connectivity index is 2.51. The summed E-state index contributed by atoms with van der Waals surface area (Å²) in [7, 11) is 1.48. The van der Waals surface area contributed by atoms with E-state index in [9.17, 15) is 0 Å². The molecule has 1 heterocycles. The van der Waals surface area contributed by atoms with Gasteiger partial charge < -0.3 is 4.74 Å². The zero-order chi connectivity index (χ0) is 11.5. The molecule has 0 amide bonds. The lowest BCUT2D eigenvalue weighted by atomic mass is 10.2. The molecule has 16 heavy (non-hydrogen) atoms. The molecule has 0 atom stereocenters. The largest absolute Gasteiger partial charge is 0.467 e. The van der Waals surface area contributed by atoms with Crippen LogP contribution in [0.2, 0.25) is 5.28 Å². The zero-order valence-electron chi connectivity index (χ0n) is 8.32. The van der Waals surface area contributed by atoms with E-state index in [-0.39, 0.29) is 11.3 Å². The van der Waals surface area contributed by atoms with Crippen molar-refractivity contribution in [1.82, 2.24) is 15.0 Å². The van der Waals surface area contributed by atoms with Crippen LogP contribution in [0, 0.1) is 0 Å². The first-order valence-corrected chi connectivity index (χ1v) is 5.57. The van der Waals surface area contributed by atoms with Crippen molar-refractivity contribution in [1.29, 1.82) is 0 Å². The van der Waals surface area contributed by atoms with Gasteiger partial charge in [0.05, 0.1) is 7.11 Å². The molecular formula is C10H7BrClN3O. The van der Waals surface area contributed by atoms with Crippen LogP contribution < -0.4 is 4.74 Å². The highest BCUT2D eigenvalue weighted by atomic mass is 79.9. The molecule has 4 nitrogen and oxygen atoms in total. The highest BCUT2D eigenvalue weighted by Gasteiger charge is 2.07.